The van der Waals surface area contributed by atoms with Crippen LogP contribution in [0.4, 0.5) is 0 Å². The molecular formula is C17H15N3O4S. The summed E-state index contributed by atoms with van der Waals surface area (Å²) in [4.78, 5) is 12.0. The quantitative estimate of drug-likeness (QED) is 0.719. The molecule has 7 nitrogen and oxygen atoms in total. The van der Waals surface area contributed by atoms with Crippen molar-refractivity contribution in [3.63, 3.8) is 0 Å². The van der Waals surface area contributed by atoms with Gasteiger partial charge in [0, 0.05) is 11.8 Å². The molecule has 0 aliphatic carbocycles. The Bertz CT molecular complexity index is 1010. The van der Waals surface area contributed by atoms with E-state index in [1.54, 1.807) is 18.3 Å². The van der Waals surface area contributed by atoms with Crippen LogP contribution in [0.1, 0.15) is 10.5 Å². The zero-order valence-corrected chi connectivity index (χ0v) is 14.1. The fourth-order valence-electron chi connectivity index (χ4n) is 2.37. The van der Waals surface area contributed by atoms with Crippen LogP contribution in [0.3, 0.4) is 0 Å². The number of esters is 1. The first-order chi connectivity index (χ1) is 11.9. The second-order valence-corrected chi connectivity index (χ2v) is 6.79. The summed E-state index contributed by atoms with van der Waals surface area (Å²) < 4.78 is 29.0. The number of nitrogens with two attached hydrogens (primary N) is 1. The standard InChI is InChI=1S/C17H15N3O4S/c1-24-17(21)16-15(12-5-3-2-4-6-12)11-20(19-16)13-7-9-14(10-8-13)25(18,22)23/h2-11H,1H3,(H2,18,22,23). The van der Waals surface area contributed by atoms with Gasteiger partial charge in [0.15, 0.2) is 5.69 Å². The molecule has 2 aromatic carbocycles. The zero-order valence-electron chi connectivity index (χ0n) is 13.3. The molecule has 128 valence electrons. The summed E-state index contributed by atoms with van der Waals surface area (Å²) in [5.74, 6) is -0.557. The predicted molar refractivity (Wildman–Crippen MR) is 91.7 cm³/mol. The average molecular weight is 357 g/mol. The van der Waals surface area contributed by atoms with Gasteiger partial charge in [-0.15, -0.1) is 0 Å². The molecule has 3 rings (SSSR count). The minimum absolute atomic E-state index is 0.000111. The summed E-state index contributed by atoms with van der Waals surface area (Å²) in [5, 5.41) is 9.38. The van der Waals surface area contributed by atoms with Crippen molar-refractivity contribution in [1.82, 2.24) is 9.78 Å². The first kappa shape index (κ1) is 16.9. The van der Waals surface area contributed by atoms with Crippen LogP contribution >= 0.6 is 0 Å². The summed E-state index contributed by atoms with van der Waals surface area (Å²) in [6.07, 6.45) is 1.69. The lowest BCUT2D eigenvalue weighted by molar-refractivity contribution is 0.0594. The summed E-state index contributed by atoms with van der Waals surface area (Å²) in [7, 11) is -2.48. The largest absolute Gasteiger partial charge is 0.464 e. The lowest BCUT2D eigenvalue weighted by atomic mass is 10.1. The van der Waals surface area contributed by atoms with Crippen molar-refractivity contribution < 1.29 is 17.9 Å². The maximum atomic E-state index is 12.0. The molecule has 0 spiro atoms. The van der Waals surface area contributed by atoms with Gasteiger partial charge in [0.2, 0.25) is 10.0 Å². The second kappa shape index (κ2) is 6.50. The number of nitrogens with zero attached hydrogens (tertiary/aromatic N) is 2. The van der Waals surface area contributed by atoms with Crippen molar-refractivity contribution in [2.24, 2.45) is 5.14 Å². The van der Waals surface area contributed by atoms with Crippen molar-refractivity contribution in [3.8, 4) is 16.8 Å². The number of sulfonamides is 1. The topological polar surface area (TPSA) is 104 Å². The third-order valence-electron chi connectivity index (χ3n) is 3.61. The highest BCUT2D eigenvalue weighted by atomic mass is 32.2. The van der Waals surface area contributed by atoms with Crippen molar-refractivity contribution in [1.29, 1.82) is 0 Å². The van der Waals surface area contributed by atoms with Crippen molar-refractivity contribution in [2.45, 2.75) is 4.90 Å². The molecule has 0 amide bonds. The van der Waals surface area contributed by atoms with E-state index >= 15 is 0 Å². The average Bonchev–Trinajstić information content (AvgIpc) is 3.06. The molecule has 3 aromatic rings. The smallest absolute Gasteiger partial charge is 0.359 e. The van der Waals surface area contributed by atoms with Crippen LogP contribution in [0, 0.1) is 0 Å². The molecule has 0 bridgehead atoms. The van der Waals surface area contributed by atoms with Gasteiger partial charge in [0.1, 0.15) is 0 Å². The molecule has 1 aromatic heterocycles. The normalized spacial score (nSPS) is 11.3. The van der Waals surface area contributed by atoms with E-state index in [0.29, 0.717) is 11.3 Å². The van der Waals surface area contributed by atoms with Crippen molar-refractivity contribution in [3.05, 3.63) is 66.5 Å². The lowest BCUT2D eigenvalue weighted by Gasteiger charge is -2.02. The molecule has 25 heavy (non-hydrogen) atoms. The van der Waals surface area contributed by atoms with Crippen LogP contribution in [0.5, 0.6) is 0 Å². The number of carbonyl (C=O) groups excluding carboxylic acids is 1. The molecule has 0 fully saturated rings. The maximum absolute atomic E-state index is 12.0. The van der Waals surface area contributed by atoms with Gasteiger partial charge in [-0.2, -0.15) is 5.10 Å². The number of primary sulfonamides is 1. The van der Waals surface area contributed by atoms with Crippen molar-refractivity contribution >= 4 is 16.0 Å². The molecule has 0 aliphatic heterocycles. The third kappa shape index (κ3) is 3.44. The Morgan fingerprint density at radius 3 is 2.28 bits per heavy atom. The van der Waals surface area contributed by atoms with Gasteiger partial charge >= 0.3 is 5.97 Å². The van der Waals surface area contributed by atoms with Gasteiger partial charge in [-0.1, -0.05) is 30.3 Å². The van der Waals surface area contributed by atoms with Gasteiger partial charge in [-0.25, -0.2) is 23.0 Å². The van der Waals surface area contributed by atoms with Crippen LogP contribution in [-0.4, -0.2) is 31.3 Å². The van der Waals surface area contributed by atoms with Crippen LogP contribution in [0.15, 0.2) is 65.7 Å². The number of rotatable bonds is 4. The molecule has 8 heteroatoms. The molecule has 0 atom stereocenters. The molecule has 0 aliphatic rings. The van der Waals surface area contributed by atoms with E-state index in [-0.39, 0.29) is 10.6 Å². The fraction of sp³-hybridized carbons (Fsp3) is 0.0588. The molecule has 0 saturated heterocycles. The Kier molecular flexibility index (Phi) is 4.39. The van der Waals surface area contributed by atoms with E-state index < -0.39 is 16.0 Å². The number of methoxy groups -OCH3 is 1. The van der Waals surface area contributed by atoms with Crippen LogP contribution in [0.2, 0.25) is 0 Å². The van der Waals surface area contributed by atoms with Gasteiger partial charge in [0.25, 0.3) is 0 Å². The van der Waals surface area contributed by atoms with Gasteiger partial charge in [0.05, 0.1) is 17.7 Å². The summed E-state index contributed by atoms with van der Waals surface area (Å²) in [6.45, 7) is 0. The number of benzene rings is 2. The van der Waals surface area contributed by atoms with E-state index in [4.69, 9.17) is 9.88 Å². The summed E-state index contributed by atoms with van der Waals surface area (Å²) in [6, 6.07) is 15.2. The number of carbonyl (C=O) groups is 1. The van der Waals surface area contributed by atoms with E-state index in [9.17, 15) is 13.2 Å². The van der Waals surface area contributed by atoms with Crippen LogP contribution < -0.4 is 5.14 Å². The lowest BCUT2D eigenvalue weighted by Crippen LogP contribution is -2.12. The number of ether oxygens (including phenoxy) is 1. The fourth-order valence-corrected chi connectivity index (χ4v) is 2.89. The Balaban J connectivity index is 2.09. The molecule has 0 radical (unpaired) electrons. The molecule has 2 N–H and O–H groups in total. The Labute approximate surface area is 144 Å². The highest BCUT2D eigenvalue weighted by molar-refractivity contribution is 7.89. The number of aromatic nitrogens is 2. The van der Waals surface area contributed by atoms with E-state index in [1.807, 2.05) is 30.3 Å². The zero-order chi connectivity index (χ0) is 18.0. The van der Waals surface area contributed by atoms with E-state index in [1.165, 1.54) is 23.9 Å². The first-order valence-corrected chi connectivity index (χ1v) is 8.81. The second-order valence-electron chi connectivity index (χ2n) is 5.23. The molecule has 1 heterocycles. The third-order valence-corrected chi connectivity index (χ3v) is 4.54. The number of hydrogen-bond acceptors (Lipinski definition) is 5. The van der Waals surface area contributed by atoms with Gasteiger partial charge in [-0.3, -0.25) is 0 Å². The molecular weight excluding hydrogens is 342 g/mol. The minimum Gasteiger partial charge on any atom is -0.464 e. The van der Waals surface area contributed by atoms with Crippen molar-refractivity contribution in [2.75, 3.05) is 7.11 Å². The Morgan fingerprint density at radius 2 is 1.72 bits per heavy atom. The summed E-state index contributed by atoms with van der Waals surface area (Å²) >= 11 is 0. The maximum Gasteiger partial charge on any atom is 0.359 e. The van der Waals surface area contributed by atoms with Crippen LogP contribution in [0.25, 0.3) is 16.8 Å². The molecule has 0 unspecified atom stereocenters. The molecule has 0 saturated carbocycles. The Morgan fingerprint density at radius 1 is 1.08 bits per heavy atom. The first-order valence-electron chi connectivity index (χ1n) is 7.27. The summed E-state index contributed by atoms with van der Waals surface area (Å²) in [5.41, 5.74) is 2.18. The van der Waals surface area contributed by atoms with Crippen LogP contribution in [-0.2, 0) is 14.8 Å². The minimum atomic E-state index is -3.77. The van der Waals surface area contributed by atoms with E-state index in [2.05, 4.69) is 5.10 Å². The van der Waals surface area contributed by atoms with Gasteiger partial charge in [-0.05, 0) is 29.8 Å². The highest BCUT2D eigenvalue weighted by Gasteiger charge is 2.19. The van der Waals surface area contributed by atoms with E-state index in [0.717, 1.165) is 5.56 Å². The monoisotopic (exact) mass is 357 g/mol. The Hall–Kier alpha value is -2.97. The SMILES string of the molecule is COC(=O)c1nn(-c2ccc(S(N)(=O)=O)cc2)cc1-c1ccccc1. The predicted octanol–water partition coefficient (Wildman–Crippen LogP) is 1.97. The number of hydrogen-bond donors (Lipinski definition) is 1. The van der Waals surface area contributed by atoms with Gasteiger partial charge < -0.3 is 4.74 Å². The highest BCUT2D eigenvalue weighted by Crippen LogP contribution is 2.25.